The highest BCUT2D eigenvalue weighted by atomic mass is 16.5. The van der Waals surface area contributed by atoms with Gasteiger partial charge < -0.3 is 14.5 Å². The monoisotopic (exact) mass is 220 g/mol. The van der Waals surface area contributed by atoms with Gasteiger partial charge in [0.1, 0.15) is 17.0 Å². The van der Waals surface area contributed by atoms with Crippen LogP contribution in [0.5, 0.6) is 11.5 Å². The van der Waals surface area contributed by atoms with Gasteiger partial charge in [0.15, 0.2) is 0 Å². The van der Waals surface area contributed by atoms with E-state index in [-0.39, 0.29) is 5.69 Å². The molecule has 0 saturated heterocycles. The van der Waals surface area contributed by atoms with Crippen LogP contribution in [0.2, 0.25) is 0 Å². The Morgan fingerprint density at radius 1 is 1.25 bits per heavy atom. The Bertz CT molecular complexity index is 590. The van der Waals surface area contributed by atoms with Crippen molar-refractivity contribution in [3.8, 4) is 11.5 Å². The van der Waals surface area contributed by atoms with Crippen molar-refractivity contribution in [1.29, 1.82) is 0 Å². The maximum atomic E-state index is 11.3. The molecule has 1 aromatic carbocycles. The number of H-pyrrole nitrogens is 1. The van der Waals surface area contributed by atoms with Gasteiger partial charge in [0.25, 0.3) is 0 Å². The smallest absolute Gasteiger partial charge is 0.345 e. The number of aromatic nitrogens is 2. The van der Waals surface area contributed by atoms with Crippen molar-refractivity contribution in [2.75, 3.05) is 14.2 Å². The molecule has 0 amide bonds. The van der Waals surface area contributed by atoms with Crippen molar-refractivity contribution < 1.29 is 9.47 Å². The summed E-state index contributed by atoms with van der Waals surface area (Å²) < 4.78 is 10.3. The van der Waals surface area contributed by atoms with Gasteiger partial charge in [-0.1, -0.05) is 0 Å². The summed E-state index contributed by atoms with van der Waals surface area (Å²) in [5, 5.41) is 0.816. The fourth-order valence-electron chi connectivity index (χ4n) is 1.61. The third kappa shape index (κ3) is 1.60. The summed E-state index contributed by atoms with van der Waals surface area (Å²) >= 11 is 0. The van der Waals surface area contributed by atoms with Gasteiger partial charge in [-0.25, -0.2) is 4.79 Å². The van der Waals surface area contributed by atoms with E-state index < -0.39 is 0 Å². The van der Waals surface area contributed by atoms with Gasteiger partial charge in [-0.3, -0.25) is 0 Å². The lowest BCUT2D eigenvalue weighted by Crippen LogP contribution is -2.12. The number of hydrogen-bond acceptors (Lipinski definition) is 4. The molecule has 0 saturated carbocycles. The number of methoxy groups -OCH3 is 2. The zero-order chi connectivity index (χ0) is 11.7. The summed E-state index contributed by atoms with van der Waals surface area (Å²) in [5.74, 6) is 1.20. The molecule has 0 aliphatic carbocycles. The van der Waals surface area contributed by atoms with E-state index in [1.807, 2.05) is 13.0 Å². The van der Waals surface area contributed by atoms with Gasteiger partial charge in [-0.05, 0) is 13.0 Å². The minimum Gasteiger partial charge on any atom is -0.497 e. The second-order valence-electron chi connectivity index (χ2n) is 3.39. The quantitative estimate of drug-likeness (QED) is 0.827. The lowest BCUT2D eigenvalue weighted by atomic mass is 10.1. The van der Waals surface area contributed by atoms with E-state index in [0.29, 0.717) is 17.0 Å². The zero-order valence-electron chi connectivity index (χ0n) is 9.33. The number of nitrogens with one attached hydrogen (secondary N) is 1. The molecule has 5 heteroatoms. The molecule has 0 aliphatic rings. The van der Waals surface area contributed by atoms with E-state index in [2.05, 4.69) is 9.97 Å². The van der Waals surface area contributed by atoms with Crippen LogP contribution in [0.1, 0.15) is 5.69 Å². The van der Waals surface area contributed by atoms with Crippen LogP contribution in [0.4, 0.5) is 0 Å². The third-order valence-electron chi connectivity index (χ3n) is 2.42. The Morgan fingerprint density at radius 3 is 2.62 bits per heavy atom. The number of fused-ring (bicyclic) bond motifs is 1. The fraction of sp³-hybridized carbons (Fsp3) is 0.273. The normalized spacial score (nSPS) is 10.4. The summed E-state index contributed by atoms with van der Waals surface area (Å²) in [6, 6.07) is 3.52. The summed E-state index contributed by atoms with van der Waals surface area (Å²) in [5.41, 5.74) is 0.908. The molecule has 1 heterocycles. The molecule has 1 aromatic heterocycles. The Balaban J connectivity index is 2.89. The van der Waals surface area contributed by atoms with Crippen LogP contribution in [-0.4, -0.2) is 24.2 Å². The second kappa shape index (κ2) is 3.84. The van der Waals surface area contributed by atoms with E-state index in [1.165, 1.54) is 7.11 Å². The number of benzene rings is 1. The van der Waals surface area contributed by atoms with Gasteiger partial charge in [0, 0.05) is 17.1 Å². The first-order chi connectivity index (χ1) is 7.65. The lowest BCUT2D eigenvalue weighted by molar-refractivity contribution is 0.397. The Hall–Kier alpha value is -2.04. The fourth-order valence-corrected chi connectivity index (χ4v) is 1.61. The molecular formula is C11H12N2O3. The first kappa shape index (κ1) is 10.5. The molecular weight excluding hydrogens is 208 g/mol. The summed E-state index contributed by atoms with van der Waals surface area (Å²) in [7, 11) is 3.11. The van der Waals surface area contributed by atoms with Gasteiger partial charge >= 0.3 is 5.69 Å². The van der Waals surface area contributed by atoms with E-state index in [1.54, 1.807) is 13.2 Å². The molecule has 0 radical (unpaired) electrons. The largest absolute Gasteiger partial charge is 0.497 e. The predicted molar refractivity (Wildman–Crippen MR) is 60.2 cm³/mol. The summed E-state index contributed by atoms with van der Waals surface area (Å²) in [6.45, 7) is 1.81. The highest BCUT2D eigenvalue weighted by Crippen LogP contribution is 2.29. The van der Waals surface area contributed by atoms with Crippen LogP contribution in [0.15, 0.2) is 16.9 Å². The van der Waals surface area contributed by atoms with Crippen LogP contribution < -0.4 is 15.2 Å². The van der Waals surface area contributed by atoms with Gasteiger partial charge in [-0.2, -0.15) is 4.98 Å². The van der Waals surface area contributed by atoms with Crippen LogP contribution in [0, 0.1) is 6.92 Å². The molecule has 5 nitrogen and oxygen atoms in total. The molecule has 0 bridgehead atoms. The number of aromatic amines is 1. The topological polar surface area (TPSA) is 64.2 Å². The van der Waals surface area contributed by atoms with Gasteiger partial charge in [0.05, 0.1) is 14.2 Å². The molecule has 16 heavy (non-hydrogen) atoms. The lowest BCUT2D eigenvalue weighted by Gasteiger charge is -2.08. The Labute approximate surface area is 92.0 Å². The molecule has 2 aromatic rings. The first-order valence-corrected chi connectivity index (χ1v) is 4.78. The van der Waals surface area contributed by atoms with Crippen molar-refractivity contribution in [2.45, 2.75) is 6.92 Å². The van der Waals surface area contributed by atoms with Crippen molar-refractivity contribution in [3.63, 3.8) is 0 Å². The number of rotatable bonds is 2. The summed E-state index contributed by atoms with van der Waals surface area (Å²) in [4.78, 5) is 17.8. The minimum absolute atomic E-state index is 0.381. The molecule has 0 atom stereocenters. The molecule has 0 aliphatic heterocycles. The second-order valence-corrected chi connectivity index (χ2v) is 3.39. The zero-order valence-corrected chi connectivity index (χ0v) is 9.33. The molecule has 0 unspecified atom stereocenters. The maximum absolute atomic E-state index is 11.3. The van der Waals surface area contributed by atoms with Gasteiger partial charge in [-0.15, -0.1) is 0 Å². The average molecular weight is 220 g/mol. The van der Waals surface area contributed by atoms with E-state index >= 15 is 0 Å². The Morgan fingerprint density at radius 2 is 2.00 bits per heavy atom. The maximum Gasteiger partial charge on any atom is 0.345 e. The van der Waals surface area contributed by atoms with E-state index in [9.17, 15) is 4.79 Å². The predicted octanol–water partition coefficient (Wildman–Crippen LogP) is 1.25. The highest BCUT2D eigenvalue weighted by Gasteiger charge is 2.09. The van der Waals surface area contributed by atoms with Crippen LogP contribution in [0.25, 0.3) is 10.9 Å². The summed E-state index contributed by atoms with van der Waals surface area (Å²) in [6.07, 6.45) is 0. The molecule has 84 valence electrons. The van der Waals surface area contributed by atoms with Crippen LogP contribution >= 0.6 is 0 Å². The molecule has 1 N–H and O–H groups in total. The number of hydrogen-bond donors (Lipinski definition) is 1. The SMILES string of the molecule is COc1cc(OC)c2nc(=O)[nH]c(C)c2c1. The average Bonchev–Trinajstić information content (AvgIpc) is 2.28. The number of aryl methyl sites for hydroxylation is 1. The standard InChI is InChI=1S/C11H12N2O3/c1-6-8-4-7(15-2)5-9(16-3)10(8)13-11(14)12-6/h4-5H,1-3H3,(H,12,13,14). The van der Waals surface area contributed by atoms with Crippen LogP contribution in [-0.2, 0) is 0 Å². The third-order valence-corrected chi connectivity index (χ3v) is 2.42. The molecule has 0 spiro atoms. The van der Waals surface area contributed by atoms with E-state index in [4.69, 9.17) is 9.47 Å². The van der Waals surface area contributed by atoms with Crippen molar-refractivity contribution in [2.24, 2.45) is 0 Å². The molecule has 2 rings (SSSR count). The Kier molecular flexibility index (Phi) is 2.52. The number of nitrogens with zero attached hydrogens (tertiary/aromatic N) is 1. The molecule has 0 fully saturated rings. The van der Waals surface area contributed by atoms with Crippen LogP contribution in [0.3, 0.4) is 0 Å². The first-order valence-electron chi connectivity index (χ1n) is 4.78. The van der Waals surface area contributed by atoms with Crippen molar-refractivity contribution >= 4 is 10.9 Å². The van der Waals surface area contributed by atoms with E-state index in [0.717, 1.165) is 11.1 Å². The number of ether oxygens (including phenoxy) is 2. The highest BCUT2D eigenvalue weighted by molar-refractivity contribution is 5.87. The van der Waals surface area contributed by atoms with Gasteiger partial charge in [0.2, 0.25) is 0 Å². The minimum atomic E-state index is -0.381. The van der Waals surface area contributed by atoms with Crippen molar-refractivity contribution in [1.82, 2.24) is 9.97 Å². The van der Waals surface area contributed by atoms with Crippen molar-refractivity contribution in [3.05, 3.63) is 28.3 Å².